The van der Waals surface area contributed by atoms with E-state index in [1.807, 2.05) is 58.0 Å². The molecule has 1 atom stereocenters. The van der Waals surface area contributed by atoms with Gasteiger partial charge in [-0.15, -0.1) is 0 Å². The smallest absolute Gasteiger partial charge is 0.306 e. The fourth-order valence-corrected chi connectivity index (χ4v) is 2.67. The van der Waals surface area contributed by atoms with Crippen LogP contribution < -0.4 is 4.74 Å². The number of halogens is 1. The summed E-state index contributed by atoms with van der Waals surface area (Å²) in [6.07, 6.45) is 2.27. The van der Waals surface area contributed by atoms with Gasteiger partial charge in [0.1, 0.15) is 11.6 Å². The summed E-state index contributed by atoms with van der Waals surface area (Å²) in [5.41, 5.74) is 1.69. The maximum absolute atomic E-state index is 13.6. The van der Waals surface area contributed by atoms with Gasteiger partial charge in [-0.25, -0.2) is 4.39 Å². The Bertz CT molecular complexity index is 668. The first kappa shape index (κ1) is 26.6. The molecule has 3 nitrogen and oxygen atoms in total. The molecule has 162 valence electrons. The topological polar surface area (TPSA) is 35.5 Å². The molecule has 0 aromatic heterocycles. The molecule has 0 bridgehead atoms. The second-order valence-electron chi connectivity index (χ2n) is 5.89. The highest BCUT2D eigenvalue weighted by Crippen LogP contribution is 2.30. The van der Waals surface area contributed by atoms with E-state index in [0.717, 1.165) is 29.7 Å². The second kappa shape index (κ2) is 16.6. The molecule has 4 heteroatoms. The number of rotatable bonds is 9. The minimum Gasteiger partial charge on any atom is -0.494 e. The van der Waals surface area contributed by atoms with Gasteiger partial charge < -0.3 is 9.47 Å². The number of unbranched alkanes of at least 4 members (excludes halogenated alkanes) is 1. The Morgan fingerprint density at radius 2 is 1.62 bits per heavy atom. The van der Waals surface area contributed by atoms with Crippen molar-refractivity contribution in [1.82, 2.24) is 0 Å². The first-order valence-electron chi connectivity index (χ1n) is 10.8. The molecule has 29 heavy (non-hydrogen) atoms. The van der Waals surface area contributed by atoms with E-state index >= 15 is 0 Å². The fourth-order valence-electron chi connectivity index (χ4n) is 2.67. The Hall–Kier alpha value is -2.36. The normalized spacial score (nSPS) is 10.6. The highest BCUT2D eigenvalue weighted by atomic mass is 19.1. The van der Waals surface area contributed by atoms with E-state index in [4.69, 9.17) is 9.47 Å². The summed E-state index contributed by atoms with van der Waals surface area (Å²) in [5.74, 6) is -0.0586. The Kier molecular flexibility index (Phi) is 15.2. The van der Waals surface area contributed by atoms with Crippen LogP contribution in [0.2, 0.25) is 0 Å². The molecular weight excluding hydrogens is 367 g/mol. The van der Waals surface area contributed by atoms with Crippen molar-refractivity contribution in [2.75, 3.05) is 13.2 Å². The van der Waals surface area contributed by atoms with Crippen LogP contribution in [0.5, 0.6) is 5.75 Å². The van der Waals surface area contributed by atoms with Crippen LogP contribution in [0.15, 0.2) is 48.5 Å². The second-order valence-corrected chi connectivity index (χ2v) is 5.89. The zero-order valence-corrected chi connectivity index (χ0v) is 18.8. The van der Waals surface area contributed by atoms with Crippen LogP contribution in [0, 0.1) is 5.82 Å². The third-order valence-corrected chi connectivity index (χ3v) is 3.98. The van der Waals surface area contributed by atoms with Gasteiger partial charge in [-0.1, -0.05) is 65.3 Å². The Morgan fingerprint density at radius 1 is 0.966 bits per heavy atom. The van der Waals surface area contributed by atoms with Crippen LogP contribution in [0.4, 0.5) is 4.39 Å². The standard InChI is InChI=1S/C21H25FO3.2C2H6/c1-3-5-13-25-19-11-9-16(10-12-19)20(15-21(23)24-4-2)17-7-6-8-18(22)14-17;2*1-2/h6-12,14,20H,3-5,13,15H2,1-2H3;2*1-2H3. The number of hydrogen-bond acceptors (Lipinski definition) is 3. The van der Waals surface area contributed by atoms with Crippen LogP contribution in [-0.4, -0.2) is 19.2 Å². The molecule has 0 saturated carbocycles. The minimum absolute atomic E-state index is 0.174. The Labute approximate surface area is 176 Å². The van der Waals surface area contributed by atoms with E-state index in [9.17, 15) is 9.18 Å². The quantitative estimate of drug-likeness (QED) is 0.329. The molecule has 2 aromatic carbocycles. The summed E-state index contributed by atoms with van der Waals surface area (Å²) < 4.78 is 24.4. The van der Waals surface area contributed by atoms with E-state index in [0.29, 0.717) is 13.2 Å². The first-order chi connectivity index (χ1) is 14.1. The lowest BCUT2D eigenvalue weighted by molar-refractivity contribution is -0.143. The number of ether oxygens (including phenoxy) is 2. The highest BCUT2D eigenvalue weighted by molar-refractivity contribution is 5.71. The summed E-state index contributed by atoms with van der Waals surface area (Å²) in [6, 6.07) is 14.0. The Balaban J connectivity index is 0.00000184. The van der Waals surface area contributed by atoms with Crippen molar-refractivity contribution in [2.24, 2.45) is 0 Å². The van der Waals surface area contributed by atoms with Crippen molar-refractivity contribution in [3.05, 3.63) is 65.5 Å². The molecule has 0 aliphatic rings. The summed E-state index contributed by atoms with van der Waals surface area (Å²) >= 11 is 0. The van der Waals surface area contributed by atoms with E-state index in [1.54, 1.807) is 13.0 Å². The molecule has 0 aliphatic carbocycles. The van der Waals surface area contributed by atoms with Gasteiger partial charge in [-0.05, 0) is 48.7 Å². The van der Waals surface area contributed by atoms with Gasteiger partial charge in [0.25, 0.3) is 0 Å². The van der Waals surface area contributed by atoms with Crippen molar-refractivity contribution < 1.29 is 18.7 Å². The van der Waals surface area contributed by atoms with Crippen LogP contribution in [0.1, 0.15) is 77.8 Å². The predicted molar refractivity (Wildman–Crippen MR) is 119 cm³/mol. The monoisotopic (exact) mass is 404 g/mol. The first-order valence-corrected chi connectivity index (χ1v) is 10.8. The van der Waals surface area contributed by atoms with Gasteiger partial charge in [-0.2, -0.15) is 0 Å². The number of esters is 1. The average Bonchev–Trinajstić information content (AvgIpc) is 2.76. The Morgan fingerprint density at radius 3 is 2.17 bits per heavy atom. The molecule has 0 heterocycles. The van der Waals surface area contributed by atoms with Gasteiger partial charge in [0, 0.05) is 5.92 Å². The maximum Gasteiger partial charge on any atom is 0.306 e. The summed E-state index contributed by atoms with van der Waals surface area (Å²) in [6.45, 7) is 12.9. The van der Waals surface area contributed by atoms with Crippen molar-refractivity contribution in [1.29, 1.82) is 0 Å². The third-order valence-electron chi connectivity index (χ3n) is 3.98. The van der Waals surface area contributed by atoms with Crippen LogP contribution in [-0.2, 0) is 9.53 Å². The fraction of sp³-hybridized carbons (Fsp3) is 0.480. The van der Waals surface area contributed by atoms with Crippen LogP contribution in [0.25, 0.3) is 0 Å². The predicted octanol–water partition coefficient (Wildman–Crippen LogP) is 7.14. The lowest BCUT2D eigenvalue weighted by atomic mass is 9.88. The highest BCUT2D eigenvalue weighted by Gasteiger charge is 2.19. The molecule has 1 unspecified atom stereocenters. The lowest BCUT2D eigenvalue weighted by Gasteiger charge is -2.18. The van der Waals surface area contributed by atoms with Gasteiger partial charge >= 0.3 is 5.97 Å². The van der Waals surface area contributed by atoms with Crippen molar-refractivity contribution >= 4 is 5.97 Å². The number of hydrogen-bond donors (Lipinski definition) is 0. The molecule has 2 aromatic rings. The van der Waals surface area contributed by atoms with E-state index < -0.39 is 0 Å². The molecule has 0 fully saturated rings. The van der Waals surface area contributed by atoms with Crippen molar-refractivity contribution in [2.45, 2.75) is 66.7 Å². The largest absolute Gasteiger partial charge is 0.494 e. The number of benzene rings is 2. The molecule has 0 amide bonds. The third kappa shape index (κ3) is 10.1. The van der Waals surface area contributed by atoms with Crippen LogP contribution in [0.3, 0.4) is 0 Å². The number of carbonyl (C=O) groups is 1. The molecule has 0 aliphatic heterocycles. The SMILES string of the molecule is CC.CC.CCCCOc1ccc(C(CC(=O)OCC)c2cccc(F)c2)cc1. The van der Waals surface area contributed by atoms with E-state index in [1.165, 1.54) is 12.1 Å². The lowest BCUT2D eigenvalue weighted by Crippen LogP contribution is -2.12. The van der Waals surface area contributed by atoms with Gasteiger partial charge in [0.15, 0.2) is 0 Å². The van der Waals surface area contributed by atoms with E-state index in [2.05, 4.69) is 6.92 Å². The van der Waals surface area contributed by atoms with Gasteiger partial charge in [0.2, 0.25) is 0 Å². The summed E-state index contributed by atoms with van der Waals surface area (Å²) in [4.78, 5) is 12.0. The average molecular weight is 405 g/mol. The van der Waals surface area contributed by atoms with Gasteiger partial charge in [0.05, 0.1) is 19.6 Å². The van der Waals surface area contributed by atoms with Crippen molar-refractivity contribution in [3.63, 3.8) is 0 Å². The van der Waals surface area contributed by atoms with E-state index in [-0.39, 0.29) is 24.1 Å². The minimum atomic E-state index is -0.314. The maximum atomic E-state index is 13.6. The molecule has 0 radical (unpaired) electrons. The zero-order valence-electron chi connectivity index (χ0n) is 18.8. The molecule has 2 rings (SSSR count). The zero-order chi connectivity index (χ0) is 22.1. The summed E-state index contributed by atoms with van der Waals surface area (Å²) in [5, 5.41) is 0. The number of carbonyl (C=O) groups excluding carboxylic acids is 1. The van der Waals surface area contributed by atoms with Crippen LogP contribution >= 0.6 is 0 Å². The van der Waals surface area contributed by atoms with Crippen molar-refractivity contribution in [3.8, 4) is 5.75 Å². The summed E-state index contributed by atoms with van der Waals surface area (Å²) in [7, 11) is 0. The molecule has 0 N–H and O–H groups in total. The molecule has 0 saturated heterocycles. The molecular formula is C25H37FO3. The van der Waals surface area contributed by atoms with Gasteiger partial charge in [-0.3, -0.25) is 4.79 Å². The molecule has 0 spiro atoms.